The Morgan fingerprint density at radius 2 is 2.57 bits per heavy atom. The van der Waals surface area contributed by atoms with Crippen molar-refractivity contribution >= 4 is 0 Å². The summed E-state index contributed by atoms with van der Waals surface area (Å²) in [4.78, 5) is 9.79. The van der Waals surface area contributed by atoms with Crippen molar-refractivity contribution in [1.29, 1.82) is 0 Å². The number of aromatic amines is 1. The molecule has 2 rings (SSSR count). The van der Waals surface area contributed by atoms with Crippen LogP contribution in [0.15, 0.2) is 12.5 Å². The minimum Gasteiger partial charge on any atom is -0.351 e. The Hall–Kier alpha value is -0.830. The van der Waals surface area contributed by atoms with Crippen LogP contribution in [0.25, 0.3) is 0 Å². The third kappa shape index (κ3) is 2.35. The number of rotatable bonds is 3. The van der Waals surface area contributed by atoms with E-state index in [0.29, 0.717) is 0 Å². The van der Waals surface area contributed by atoms with Crippen molar-refractivity contribution < 1.29 is 0 Å². The van der Waals surface area contributed by atoms with Gasteiger partial charge in [0, 0.05) is 19.3 Å². The number of aromatic nitrogens is 2. The summed E-state index contributed by atoms with van der Waals surface area (Å²) < 4.78 is 0. The van der Waals surface area contributed by atoms with Gasteiger partial charge in [-0.1, -0.05) is 13.3 Å². The van der Waals surface area contributed by atoms with Gasteiger partial charge in [0.15, 0.2) is 0 Å². The fraction of sp³-hybridized carbons (Fsp3) is 0.727. The van der Waals surface area contributed by atoms with Crippen LogP contribution in [0.4, 0.5) is 0 Å². The topological polar surface area (TPSA) is 31.9 Å². The second-order valence-electron chi connectivity index (χ2n) is 4.21. The van der Waals surface area contributed by atoms with Crippen molar-refractivity contribution in [2.45, 2.75) is 32.7 Å². The molecule has 3 heteroatoms. The van der Waals surface area contributed by atoms with Crippen LogP contribution >= 0.6 is 0 Å². The number of imidazole rings is 1. The predicted molar refractivity (Wildman–Crippen MR) is 56.9 cm³/mol. The van der Waals surface area contributed by atoms with Gasteiger partial charge in [-0.05, 0) is 25.3 Å². The molecule has 0 amide bonds. The van der Waals surface area contributed by atoms with Crippen molar-refractivity contribution in [2.75, 3.05) is 13.1 Å². The molecule has 0 spiro atoms. The summed E-state index contributed by atoms with van der Waals surface area (Å²) in [7, 11) is 0. The van der Waals surface area contributed by atoms with Gasteiger partial charge in [0.05, 0.1) is 12.0 Å². The maximum absolute atomic E-state index is 4.26. The molecule has 0 radical (unpaired) electrons. The van der Waals surface area contributed by atoms with Gasteiger partial charge in [-0.2, -0.15) is 0 Å². The van der Waals surface area contributed by atoms with Crippen molar-refractivity contribution in [3.05, 3.63) is 18.2 Å². The number of hydrogen-bond donors (Lipinski definition) is 1. The number of hydrogen-bond acceptors (Lipinski definition) is 2. The number of likely N-dealkylation sites (tertiary alicyclic amines) is 1. The summed E-state index contributed by atoms with van der Waals surface area (Å²) in [6, 6.07) is 0. The van der Waals surface area contributed by atoms with Crippen molar-refractivity contribution in [2.24, 2.45) is 5.92 Å². The van der Waals surface area contributed by atoms with Gasteiger partial charge in [0.2, 0.25) is 0 Å². The number of nitrogens with zero attached hydrogens (tertiary/aromatic N) is 2. The Morgan fingerprint density at radius 1 is 1.64 bits per heavy atom. The SMILES string of the molecule is CC[C@@H]1CCCN(Cc2c[nH]cn2)C1. The molecular formula is C11H19N3. The highest BCUT2D eigenvalue weighted by atomic mass is 15.1. The zero-order valence-corrected chi connectivity index (χ0v) is 8.87. The number of piperidine rings is 1. The van der Waals surface area contributed by atoms with E-state index in [-0.39, 0.29) is 0 Å². The summed E-state index contributed by atoms with van der Waals surface area (Å²) in [5, 5.41) is 0. The quantitative estimate of drug-likeness (QED) is 0.796. The van der Waals surface area contributed by atoms with Crippen molar-refractivity contribution in [3.63, 3.8) is 0 Å². The molecule has 0 saturated carbocycles. The zero-order valence-electron chi connectivity index (χ0n) is 8.87. The Labute approximate surface area is 85.5 Å². The molecule has 0 aromatic carbocycles. The lowest BCUT2D eigenvalue weighted by Crippen LogP contribution is -2.34. The first-order chi connectivity index (χ1) is 6.88. The molecule has 0 bridgehead atoms. The van der Waals surface area contributed by atoms with E-state index in [1.165, 1.54) is 38.0 Å². The highest BCUT2D eigenvalue weighted by Crippen LogP contribution is 2.20. The van der Waals surface area contributed by atoms with E-state index in [0.717, 1.165) is 12.5 Å². The second-order valence-corrected chi connectivity index (χ2v) is 4.21. The molecule has 1 aliphatic rings. The molecule has 0 unspecified atom stereocenters. The van der Waals surface area contributed by atoms with Gasteiger partial charge in [-0.25, -0.2) is 4.98 Å². The molecule has 1 aromatic rings. The van der Waals surface area contributed by atoms with Crippen molar-refractivity contribution in [1.82, 2.24) is 14.9 Å². The lowest BCUT2D eigenvalue weighted by molar-refractivity contribution is 0.163. The molecule has 0 aliphatic carbocycles. The molecule has 1 aromatic heterocycles. The maximum atomic E-state index is 4.26. The van der Waals surface area contributed by atoms with Crippen LogP contribution in [0.5, 0.6) is 0 Å². The van der Waals surface area contributed by atoms with E-state index in [9.17, 15) is 0 Å². The Bertz CT molecular complexity index is 256. The standard InChI is InChI=1S/C11H19N3/c1-2-10-4-3-5-14(7-10)8-11-6-12-9-13-11/h6,9-10H,2-5,7-8H2,1H3,(H,12,13)/t10-/m1/s1. The van der Waals surface area contributed by atoms with Crippen LogP contribution in [0.1, 0.15) is 31.9 Å². The number of nitrogens with one attached hydrogen (secondary N) is 1. The number of H-pyrrole nitrogens is 1. The van der Waals surface area contributed by atoms with Gasteiger partial charge < -0.3 is 4.98 Å². The van der Waals surface area contributed by atoms with Crippen LogP contribution in [0.3, 0.4) is 0 Å². The van der Waals surface area contributed by atoms with E-state index in [2.05, 4.69) is 21.8 Å². The highest BCUT2D eigenvalue weighted by molar-refractivity contribution is 4.94. The van der Waals surface area contributed by atoms with Gasteiger partial charge in [-0.15, -0.1) is 0 Å². The molecule has 1 fully saturated rings. The van der Waals surface area contributed by atoms with E-state index in [1.807, 2.05) is 6.20 Å². The molecule has 1 saturated heterocycles. The normalized spacial score (nSPS) is 23.9. The van der Waals surface area contributed by atoms with Gasteiger partial charge in [0.1, 0.15) is 0 Å². The summed E-state index contributed by atoms with van der Waals surface area (Å²) in [5.74, 6) is 0.905. The summed E-state index contributed by atoms with van der Waals surface area (Å²) >= 11 is 0. The predicted octanol–water partition coefficient (Wildman–Crippen LogP) is 2.03. The van der Waals surface area contributed by atoms with E-state index < -0.39 is 0 Å². The average Bonchev–Trinajstić information content (AvgIpc) is 2.71. The Balaban J connectivity index is 1.86. The summed E-state index contributed by atoms with van der Waals surface area (Å²) in [5.41, 5.74) is 1.17. The first-order valence-electron chi connectivity index (χ1n) is 5.58. The fourth-order valence-corrected chi connectivity index (χ4v) is 2.23. The van der Waals surface area contributed by atoms with Crippen LogP contribution in [0, 0.1) is 5.92 Å². The monoisotopic (exact) mass is 193 g/mol. The highest BCUT2D eigenvalue weighted by Gasteiger charge is 2.18. The molecule has 1 aliphatic heterocycles. The molecule has 78 valence electrons. The Morgan fingerprint density at radius 3 is 3.29 bits per heavy atom. The second kappa shape index (κ2) is 4.60. The van der Waals surface area contributed by atoms with Gasteiger partial charge >= 0.3 is 0 Å². The smallest absolute Gasteiger partial charge is 0.0923 e. The van der Waals surface area contributed by atoms with Gasteiger partial charge in [0.25, 0.3) is 0 Å². The first-order valence-corrected chi connectivity index (χ1v) is 5.58. The molecular weight excluding hydrogens is 174 g/mol. The van der Waals surface area contributed by atoms with Crippen molar-refractivity contribution in [3.8, 4) is 0 Å². The first kappa shape index (κ1) is 9.71. The minimum atomic E-state index is 0.905. The lowest BCUT2D eigenvalue weighted by atomic mass is 9.96. The van der Waals surface area contributed by atoms with Crippen LogP contribution < -0.4 is 0 Å². The van der Waals surface area contributed by atoms with Crippen LogP contribution in [-0.2, 0) is 6.54 Å². The fourth-order valence-electron chi connectivity index (χ4n) is 2.23. The molecule has 1 N–H and O–H groups in total. The van der Waals surface area contributed by atoms with E-state index in [1.54, 1.807) is 6.33 Å². The molecule has 3 nitrogen and oxygen atoms in total. The van der Waals surface area contributed by atoms with E-state index in [4.69, 9.17) is 0 Å². The van der Waals surface area contributed by atoms with Crippen LogP contribution in [0.2, 0.25) is 0 Å². The maximum Gasteiger partial charge on any atom is 0.0923 e. The summed E-state index contributed by atoms with van der Waals surface area (Å²) in [6.45, 7) is 5.80. The Kier molecular flexibility index (Phi) is 3.19. The lowest BCUT2D eigenvalue weighted by Gasteiger charge is -2.31. The zero-order chi connectivity index (χ0) is 9.80. The molecule has 14 heavy (non-hydrogen) atoms. The largest absolute Gasteiger partial charge is 0.351 e. The third-order valence-corrected chi connectivity index (χ3v) is 3.12. The van der Waals surface area contributed by atoms with Gasteiger partial charge in [-0.3, -0.25) is 4.90 Å². The molecule has 1 atom stereocenters. The average molecular weight is 193 g/mol. The summed E-state index contributed by atoms with van der Waals surface area (Å²) in [6.07, 6.45) is 7.83. The van der Waals surface area contributed by atoms with Crippen LogP contribution in [-0.4, -0.2) is 28.0 Å². The third-order valence-electron chi connectivity index (χ3n) is 3.12. The minimum absolute atomic E-state index is 0.905. The van der Waals surface area contributed by atoms with E-state index >= 15 is 0 Å². The molecule has 2 heterocycles.